The van der Waals surface area contributed by atoms with Crippen molar-refractivity contribution in [2.75, 3.05) is 0 Å². The molecule has 0 aliphatic rings. The minimum absolute atomic E-state index is 0.476. The molecule has 90 valence electrons. The van der Waals surface area contributed by atoms with Gasteiger partial charge in [0, 0.05) is 5.56 Å². The fraction of sp³-hybridized carbons (Fsp3) is 0.0833. The van der Waals surface area contributed by atoms with Gasteiger partial charge in [-0.1, -0.05) is 23.7 Å². The number of aromatic nitrogens is 4. The van der Waals surface area contributed by atoms with Crippen LogP contribution >= 0.6 is 23.4 Å². The van der Waals surface area contributed by atoms with Crippen LogP contribution in [0.5, 0.6) is 0 Å². The Balaban J connectivity index is 1.99. The maximum absolute atomic E-state index is 5.96. The van der Waals surface area contributed by atoms with Crippen LogP contribution in [0.4, 0.5) is 0 Å². The summed E-state index contributed by atoms with van der Waals surface area (Å²) in [5, 5.41) is 2.09. The Hall–Kier alpha value is -1.59. The molecule has 0 aliphatic heterocycles. The van der Waals surface area contributed by atoms with E-state index in [0.717, 1.165) is 26.8 Å². The molecule has 0 amide bonds. The van der Waals surface area contributed by atoms with Crippen molar-refractivity contribution in [3.05, 3.63) is 41.3 Å². The summed E-state index contributed by atoms with van der Waals surface area (Å²) in [5.74, 6) is 0. The highest BCUT2D eigenvalue weighted by Gasteiger charge is 2.09. The van der Waals surface area contributed by atoms with Crippen LogP contribution < -0.4 is 0 Å². The Morgan fingerprint density at radius 2 is 2.06 bits per heavy atom. The topological polar surface area (TPSA) is 54.5 Å². The largest absolute Gasteiger partial charge is 0.333 e. The average molecular weight is 277 g/mol. The van der Waals surface area contributed by atoms with Crippen molar-refractivity contribution in [1.29, 1.82) is 0 Å². The van der Waals surface area contributed by atoms with Gasteiger partial charge in [-0.2, -0.15) is 0 Å². The summed E-state index contributed by atoms with van der Waals surface area (Å²) in [4.78, 5) is 15.9. The van der Waals surface area contributed by atoms with E-state index in [9.17, 15) is 0 Å². The standard InChI is InChI=1S/C12H9ClN4S/c1-7-10(13)14-6-15-11(7)18-12-16-8-4-2-3-5-9(8)17-12/h2-6H,1H3,(H,16,17). The van der Waals surface area contributed by atoms with E-state index in [1.54, 1.807) is 0 Å². The number of benzene rings is 1. The maximum atomic E-state index is 5.96. The van der Waals surface area contributed by atoms with Crippen molar-refractivity contribution < 1.29 is 0 Å². The van der Waals surface area contributed by atoms with E-state index in [4.69, 9.17) is 11.6 Å². The number of H-pyrrole nitrogens is 1. The molecule has 0 saturated carbocycles. The Kier molecular flexibility index (Phi) is 2.93. The third-order valence-corrected chi connectivity index (χ3v) is 3.91. The SMILES string of the molecule is Cc1c(Cl)ncnc1Sc1nc2ccccc2[nH]1. The lowest BCUT2D eigenvalue weighted by molar-refractivity contribution is 0.989. The fourth-order valence-corrected chi connectivity index (χ4v) is 2.61. The molecule has 0 bridgehead atoms. The van der Waals surface area contributed by atoms with Crippen LogP contribution in [0.1, 0.15) is 5.56 Å². The fourth-order valence-electron chi connectivity index (χ4n) is 1.59. The first-order valence-corrected chi connectivity index (χ1v) is 6.53. The molecule has 1 aromatic carbocycles. The Bertz CT molecular complexity index is 677. The number of hydrogen-bond donors (Lipinski definition) is 1. The molecule has 0 atom stereocenters. The van der Waals surface area contributed by atoms with E-state index in [1.807, 2.05) is 31.2 Å². The highest BCUT2D eigenvalue weighted by Crippen LogP contribution is 2.29. The van der Waals surface area contributed by atoms with Gasteiger partial charge in [-0.3, -0.25) is 0 Å². The van der Waals surface area contributed by atoms with Crippen LogP contribution in [-0.4, -0.2) is 19.9 Å². The van der Waals surface area contributed by atoms with Crippen LogP contribution in [0.25, 0.3) is 11.0 Å². The van der Waals surface area contributed by atoms with Gasteiger partial charge in [-0.05, 0) is 30.8 Å². The zero-order valence-corrected chi connectivity index (χ0v) is 11.1. The molecule has 0 radical (unpaired) electrons. The molecule has 2 heterocycles. The van der Waals surface area contributed by atoms with Crippen LogP contribution in [0.2, 0.25) is 5.15 Å². The van der Waals surface area contributed by atoms with E-state index in [2.05, 4.69) is 19.9 Å². The predicted octanol–water partition coefficient (Wildman–Crippen LogP) is 3.47. The van der Waals surface area contributed by atoms with Gasteiger partial charge in [-0.25, -0.2) is 15.0 Å². The number of hydrogen-bond acceptors (Lipinski definition) is 4. The van der Waals surface area contributed by atoms with Crippen LogP contribution in [0.15, 0.2) is 40.8 Å². The van der Waals surface area contributed by atoms with Gasteiger partial charge in [0.15, 0.2) is 5.16 Å². The number of imidazole rings is 1. The summed E-state index contributed by atoms with van der Waals surface area (Å²) < 4.78 is 0. The lowest BCUT2D eigenvalue weighted by atomic mass is 10.3. The summed E-state index contributed by atoms with van der Waals surface area (Å²) in [6.07, 6.45) is 1.46. The van der Waals surface area contributed by atoms with E-state index in [-0.39, 0.29) is 0 Å². The number of halogens is 1. The van der Waals surface area contributed by atoms with Gasteiger partial charge in [0.1, 0.15) is 16.5 Å². The summed E-state index contributed by atoms with van der Waals surface area (Å²) >= 11 is 7.42. The highest BCUT2D eigenvalue weighted by molar-refractivity contribution is 7.99. The zero-order valence-electron chi connectivity index (χ0n) is 9.51. The third-order valence-electron chi connectivity index (χ3n) is 2.54. The molecule has 0 unspecified atom stereocenters. The monoisotopic (exact) mass is 276 g/mol. The molecule has 18 heavy (non-hydrogen) atoms. The number of rotatable bonds is 2. The number of nitrogens with one attached hydrogen (secondary N) is 1. The van der Waals surface area contributed by atoms with Crippen molar-refractivity contribution in [3.63, 3.8) is 0 Å². The minimum atomic E-state index is 0.476. The molecule has 3 rings (SSSR count). The summed E-state index contributed by atoms with van der Waals surface area (Å²) in [7, 11) is 0. The van der Waals surface area contributed by atoms with Gasteiger partial charge in [0.05, 0.1) is 11.0 Å². The van der Waals surface area contributed by atoms with Gasteiger partial charge in [-0.15, -0.1) is 0 Å². The van der Waals surface area contributed by atoms with E-state index in [0.29, 0.717) is 5.15 Å². The van der Waals surface area contributed by atoms with Crippen molar-refractivity contribution in [2.45, 2.75) is 17.1 Å². The second-order valence-corrected chi connectivity index (χ2v) is 5.09. The van der Waals surface area contributed by atoms with Crippen molar-refractivity contribution in [2.24, 2.45) is 0 Å². The summed E-state index contributed by atoms with van der Waals surface area (Å²) in [6.45, 7) is 1.90. The van der Waals surface area contributed by atoms with Gasteiger partial charge in [0.25, 0.3) is 0 Å². The molecule has 0 spiro atoms. The third kappa shape index (κ3) is 2.07. The van der Waals surface area contributed by atoms with Crippen molar-refractivity contribution >= 4 is 34.4 Å². The lowest BCUT2D eigenvalue weighted by Crippen LogP contribution is -1.90. The predicted molar refractivity (Wildman–Crippen MR) is 72.0 cm³/mol. The molecule has 1 N–H and O–H groups in total. The molecule has 0 fully saturated rings. The minimum Gasteiger partial charge on any atom is -0.333 e. The normalized spacial score (nSPS) is 11.0. The zero-order chi connectivity index (χ0) is 12.5. The molecule has 3 aromatic rings. The second kappa shape index (κ2) is 4.59. The lowest BCUT2D eigenvalue weighted by Gasteiger charge is -2.02. The molecule has 0 saturated heterocycles. The molecular formula is C12H9ClN4S. The van der Waals surface area contributed by atoms with Gasteiger partial charge in [0.2, 0.25) is 0 Å². The number of nitrogens with zero attached hydrogens (tertiary/aromatic N) is 3. The Labute approximate surface area is 113 Å². The number of para-hydroxylation sites is 2. The first kappa shape index (κ1) is 11.5. The number of fused-ring (bicyclic) bond motifs is 1. The molecule has 0 aliphatic carbocycles. The first-order valence-electron chi connectivity index (χ1n) is 5.34. The number of aromatic amines is 1. The second-order valence-electron chi connectivity index (χ2n) is 3.76. The molecule has 4 nitrogen and oxygen atoms in total. The van der Waals surface area contributed by atoms with Crippen LogP contribution in [-0.2, 0) is 0 Å². The highest BCUT2D eigenvalue weighted by atomic mass is 35.5. The quantitative estimate of drug-likeness (QED) is 0.728. The Morgan fingerprint density at radius 1 is 1.22 bits per heavy atom. The van der Waals surface area contributed by atoms with Crippen molar-refractivity contribution in [1.82, 2.24) is 19.9 Å². The van der Waals surface area contributed by atoms with E-state index < -0.39 is 0 Å². The first-order chi connectivity index (χ1) is 8.74. The molecule has 2 aromatic heterocycles. The van der Waals surface area contributed by atoms with E-state index >= 15 is 0 Å². The van der Waals surface area contributed by atoms with Gasteiger partial charge < -0.3 is 4.98 Å². The average Bonchev–Trinajstić information content (AvgIpc) is 2.77. The summed E-state index contributed by atoms with van der Waals surface area (Å²) in [5.41, 5.74) is 2.82. The van der Waals surface area contributed by atoms with Crippen molar-refractivity contribution in [3.8, 4) is 0 Å². The summed E-state index contributed by atoms with van der Waals surface area (Å²) in [6, 6.07) is 7.90. The van der Waals surface area contributed by atoms with Gasteiger partial charge >= 0.3 is 0 Å². The Morgan fingerprint density at radius 3 is 2.89 bits per heavy atom. The smallest absolute Gasteiger partial charge is 0.172 e. The molecule has 6 heteroatoms. The maximum Gasteiger partial charge on any atom is 0.172 e. The molecular weight excluding hydrogens is 268 g/mol. The van der Waals surface area contributed by atoms with E-state index in [1.165, 1.54) is 18.1 Å². The van der Waals surface area contributed by atoms with Crippen LogP contribution in [0, 0.1) is 6.92 Å². The van der Waals surface area contributed by atoms with Crippen LogP contribution in [0.3, 0.4) is 0 Å².